The molecule has 2 heterocycles. The average molecular weight is 327 g/mol. The van der Waals surface area contributed by atoms with E-state index in [9.17, 15) is 4.39 Å². The van der Waals surface area contributed by atoms with Gasteiger partial charge in [0.05, 0.1) is 0 Å². The number of benzene rings is 1. The summed E-state index contributed by atoms with van der Waals surface area (Å²) in [6.45, 7) is 6.33. The van der Waals surface area contributed by atoms with Gasteiger partial charge in [0, 0.05) is 29.2 Å². The van der Waals surface area contributed by atoms with Gasteiger partial charge in [-0.2, -0.15) is 0 Å². The zero-order valence-corrected chi connectivity index (χ0v) is 12.8. The smallest absolute Gasteiger partial charge is 0.127 e. The highest BCUT2D eigenvalue weighted by molar-refractivity contribution is 9.10. The Bertz CT molecular complexity index is 465. The highest BCUT2D eigenvalue weighted by Crippen LogP contribution is 2.35. The molecule has 3 atom stereocenters. The van der Waals surface area contributed by atoms with Crippen LogP contribution in [0.4, 0.5) is 4.39 Å². The van der Waals surface area contributed by atoms with Crippen LogP contribution >= 0.6 is 15.9 Å². The lowest BCUT2D eigenvalue weighted by Crippen LogP contribution is -2.34. The number of hydrogen-bond acceptors (Lipinski definition) is 2. The van der Waals surface area contributed by atoms with Gasteiger partial charge in [-0.15, -0.1) is 0 Å². The number of nitrogens with zero attached hydrogens (tertiary/aromatic N) is 1. The van der Waals surface area contributed by atoms with Crippen LogP contribution in [0, 0.1) is 17.7 Å². The SMILES string of the molecule is CCC1C2CNCC2CN1Cc1cc(Br)ccc1F. The normalized spacial score (nSPS) is 30.8. The molecule has 19 heavy (non-hydrogen) atoms. The molecule has 0 aromatic heterocycles. The molecule has 104 valence electrons. The summed E-state index contributed by atoms with van der Waals surface area (Å²) in [7, 11) is 0. The summed E-state index contributed by atoms with van der Waals surface area (Å²) in [5.41, 5.74) is 0.806. The zero-order valence-electron chi connectivity index (χ0n) is 11.2. The van der Waals surface area contributed by atoms with E-state index in [4.69, 9.17) is 0 Å². The number of nitrogens with one attached hydrogen (secondary N) is 1. The minimum atomic E-state index is -0.0896. The van der Waals surface area contributed by atoms with Crippen LogP contribution in [-0.4, -0.2) is 30.6 Å². The molecule has 0 aliphatic carbocycles. The second-order valence-corrected chi connectivity index (χ2v) is 6.64. The van der Waals surface area contributed by atoms with Crippen LogP contribution in [0.25, 0.3) is 0 Å². The first-order valence-corrected chi connectivity index (χ1v) is 7.87. The van der Waals surface area contributed by atoms with Crippen molar-refractivity contribution in [3.05, 3.63) is 34.1 Å². The van der Waals surface area contributed by atoms with Crippen LogP contribution in [0.5, 0.6) is 0 Å². The van der Waals surface area contributed by atoms with Crippen molar-refractivity contribution in [2.45, 2.75) is 25.9 Å². The summed E-state index contributed by atoms with van der Waals surface area (Å²) < 4.78 is 14.8. The lowest BCUT2D eigenvalue weighted by molar-refractivity contribution is 0.208. The molecule has 2 saturated heterocycles. The third-order valence-corrected chi connectivity index (χ3v) is 5.12. The molecular formula is C15H20BrFN2. The van der Waals surface area contributed by atoms with E-state index in [2.05, 4.69) is 33.1 Å². The average Bonchev–Trinajstić information content (AvgIpc) is 2.94. The summed E-state index contributed by atoms with van der Waals surface area (Å²) in [6, 6.07) is 5.82. The quantitative estimate of drug-likeness (QED) is 0.918. The van der Waals surface area contributed by atoms with Crippen LogP contribution in [0.1, 0.15) is 18.9 Å². The van der Waals surface area contributed by atoms with E-state index in [-0.39, 0.29) is 5.82 Å². The molecule has 1 aromatic rings. The minimum absolute atomic E-state index is 0.0896. The lowest BCUT2D eigenvalue weighted by Gasteiger charge is -2.27. The van der Waals surface area contributed by atoms with E-state index in [1.165, 1.54) is 0 Å². The molecule has 3 rings (SSSR count). The molecule has 0 saturated carbocycles. The van der Waals surface area contributed by atoms with Gasteiger partial charge < -0.3 is 5.32 Å². The van der Waals surface area contributed by atoms with Gasteiger partial charge >= 0.3 is 0 Å². The van der Waals surface area contributed by atoms with E-state index in [0.29, 0.717) is 6.04 Å². The fraction of sp³-hybridized carbons (Fsp3) is 0.600. The highest BCUT2D eigenvalue weighted by Gasteiger charge is 2.42. The summed E-state index contributed by atoms with van der Waals surface area (Å²) >= 11 is 3.43. The first-order valence-electron chi connectivity index (χ1n) is 7.07. The molecule has 2 aliphatic heterocycles. The molecule has 4 heteroatoms. The highest BCUT2D eigenvalue weighted by atomic mass is 79.9. The molecule has 0 amide bonds. The van der Waals surface area contributed by atoms with Gasteiger partial charge in [0.1, 0.15) is 5.82 Å². The fourth-order valence-electron chi connectivity index (χ4n) is 3.74. The summed E-state index contributed by atoms with van der Waals surface area (Å²) in [5.74, 6) is 1.41. The van der Waals surface area contributed by atoms with Crippen molar-refractivity contribution < 1.29 is 4.39 Å². The molecule has 0 bridgehead atoms. The predicted octanol–water partition coefficient (Wildman–Crippen LogP) is 3.02. The van der Waals surface area contributed by atoms with E-state index < -0.39 is 0 Å². The molecule has 2 nitrogen and oxygen atoms in total. The molecule has 0 spiro atoms. The maximum atomic E-state index is 13.9. The number of fused-ring (bicyclic) bond motifs is 1. The van der Waals surface area contributed by atoms with Crippen LogP contribution < -0.4 is 5.32 Å². The minimum Gasteiger partial charge on any atom is -0.316 e. The standard InChI is InChI=1S/C15H20BrFN2/c1-2-15-13-7-18-6-11(13)9-19(15)8-10-5-12(16)3-4-14(10)17/h3-5,11,13,15,18H,2,6-9H2,1H3. The van der Waals surface area contributed by atoms with Gasteiger partial charge in [0.2, 0.25) is 0 Å². The van der Waals surface area contributed by atoms with Gasteiger partial charge in [-0.3, -0.25) is 4.90 Å². The van der Waals surface area contributed by atoms with Crippen molar-refractivity contribution in [1.82, 2.24) is 10.2 Å². The summed E-state index contributed by atoms with van der Waals surface area (Å²) in [5, 5.41) is 3.49. The van der Waals surface area contributed by atoms with Crippen molar-refractivity contribution >= 4 is 15.9 Å². The van der Waals surface area contributed by atoms with Gasteiger partial charge in [0.25, 0.3) is 0 Å². The van der Waals surface area contributed by atoms with Gasteiger partial charge in [-0.05, 0) is 49.5 Å². The second kappa shape index (κ2) is 5.51. The predicted molar refractivity (Wildman–Crippen MR) is 78.4 cm³/mol. The lowest BCUT2D eigenvalue weighted by atomic mass is 9.93. The molecular weight excluding hydrogens is 307 g/mol. The van der Waals surface area contributed by atoms with Crippen LogP contribution in [0.15, 0.2) is 22.7 Å². The molecule has 1 aromatic carbocycles. The Morgan fingerprint density at radius 2 is 2.26 bits per heavy atom. The van der Waals surface area contributed by atoms with Gasteiger partial charge in [-0.25, -0.2) is 4.39 Å². The van der Waals surface area contributed by atoms with E-state index in [0.717, 1.165) is 54.5 Å². The Kier molecular flexibility index (Phi) is 3.92. The van der Waals surface area contributed by atoms with Crippen molar-refractivity contribution in [1.29, 1.82) is 0 Å². The number of hydrogen-bond donors (Lipinski definition) is 1. The van der Waals surface area contributed by atoms with E-state index in [1.807, 2.05) is 6.07 Å². The fourth-order valence-corrected chi connectivity index (χ4v) is 4.15. The Morgan fingerprint density at radius 1 is 1.42 bits per heavy atom. The van der Waals surface area contributed by atoms with E-state index >= 15 is 0 Å². The summed E-state index contributed by atoms with van der Waals surface area (Å²) in [4.78, 5) is 2.47. The largest absolute Gasteiger partial charge is 0.316 e. The molecule has 2 fully saturated rings. The number of rotatable bonds is 3. The topological polar surface area (TPSA) is 15.3 Å². The monoisotopic (exact) mass is 326 g/mol. The zero-order chi connectivity index (χ0) is 13.4. The first kappa shape index (κ1) is 13.5. The Labute approximate surface area is 122 Å². The van der Waals surface area contributed by atoms with Crippen LogP contribution in [-0.2, 0) is 6.54 Å². The maximum Gasteiger partial charge on any atom is 0.127 e. The Hall–Kier alpha value is -0.450. The number of likely N-dealkylation sites (tertiary alicyclic amines) is 1. The summed E-state index contributed by atoms with van der Waals surface area (Å²) in [6.07, 6.45) is 1.15. The van der Waals surface area contributed by atoms with Gasteiger partial charge in [0.15, 0.2) is 0 Å². The Morgan fingerprint density at radius 3 is 3.05 bits per heavy atom. The molecule has 2 aliphatic rings. The second-order valence-electron chi connectivity index (χ2n) is 5.72. The van der Waals surface area contributed by atoms with Crippen molar-refractivity contribution in [2.24, 2.45) is 11.8 Å². The molecule has 1 N–H and O–H groups in total. The molecule has 0 radical (unpaired) electrons. The first-order chi connectivity index (χ1) is 9.19. The third-order valence-electron chi connectivity index (χ3n) is 4.62. The Balaban J connectivity index is 1.77. The van der Waals surface area contributed by atoms with Crippen LogP contribution in [0.2, 0.25) is 0 Å². The van der Waals surface area contributed by atoms with Crippen molar-refractivity contribution in [2.75, 3.05) is 19.6 Å². The van der Waals surface area contributed by atoms with Gasteiger partial charge in [-0.1, -0.05) is 22.9 Å². The molecule has 3 unspecified atom stereocenters. The van der Waals surface area contributed by atoms with Crippen molar-refractivity contribution in [3.8, 4) is 0 Å². The number of halogens is 2. The maximum absolute atomic E-state index is 13.9. The van der Waals surface area contributed by atoms with E-state index in [1.54, 1.807) is 12.1 Å². The van der Waals surface area contributed by atoms with Crippen LogP contribution in [0.3, 0.4) is 0 Å². The van der Waals surface area contributed by atoms with Crippen molar-refractivity contribution in [3.63, 3.8) is 0 Å². The third kappa shape index (κ3) is 2.58.